The largest absolute Gasteiger partial charge is 0.469 e. The minimum absolute atomic E-state index is 0.124. The van der Waals surface area contributed by atoms with Crippen LogP contribution in [0.5, 0.6) is 0 Å². The minimum atomic E-state index is -0.581. The third-order valence-corrected chi connectivity index (χ3v) is 4.92. The zero-order valence-corrected chi connectivity index (χ0v) is 16.0. The summed E-state index contributed by atoms with van der Waals surface area (Å²) in [5.41, 5.74) is 0.352. The molecule has 1 fully saturated rings. The number of amides is 1. The minimum Gasteiger partial charge on any atom is -0.469 e. The molecule has 0 unspecified atom stereocenters. The summed E-state index contributed by atoms with van der Waals surface area (Å²) < 4.78 is 10.3. The molecule has 1 saturated carbocycles. The Kier molecular flexibility index (Phi) is 5.95. The summed E-state index contributed by atoms with van der Waals surface area (Å²) in [6, 6.07) is -0.259. The van der Waals surface area contributed by atoms with Crippen LogP contribution in [0.2, 0.25) is 0 Å². The first-order valence-electron chi connectivity index (χ1n) is 9.02. The molecule has 0 aromatic heterocycles. The molecule has 7 heteroatoms. The van der Waals surface area contributed by atoms with Gasteiger partial charge in [-0.3, -0.25) is 4.79 Å². The van der Waals surface area contributed by atoms with Gasteiger partial charge in [-0.15, -0.1) is 0 Å². The van der Waals surface area contributed by atoms with E-state index in [2.05, 4.69) is 24.3 Å². The van der Waals surface area contributed by atoms with Gasteiger partial charge >= 0.3 is 12.1 Å². The van der Waals surface area contributed by atoms with Crippen molar-refractivity contribution in [3.8, 4) is 0 Å². The summed E-state index contributed by atoms with van der Waals surface area (Å²) in [5.74, 6) is -0.620. The maximum absolute atomic E-state index is 12.2. The van der Waals surface area contributed by atoms with E-state index in [0.29, 0.717) is 6.42 Å². The second-order valence-corrected chi connectivity index (χ2v) is 7.74. The topological polar surface area (TPSA) is 86.2 Å². The van der Waals surface area contributed by atoms with Gasteiger partial charge in [0, 0.05) is 12.0 Å². The van der Waals surface area contributed by atoms with Crippen LogP contribution in [0.4, 0.5) is 4.79 Å². The molecule has 7 nitrogen and oxygen atoms in total. The summed E-state index contributed by atoms with van der Waals surface area (Å²) in [7, 11) is 1.36. The molecule has 1 N–H and O–H groups in total. The number of rotatable bonds is 5. The number of hydrogen-bond donors (Lipinski definition) is 1. The van der Waals surface area contributed by atoms with E-state index >= 15 is 0 Å². The number of esters is 1. The first kappa shape index (κ1) is 19.5. The Balaban J connectivity index is 2.20. The summed E-state index contributed by atoms with van der Waals surface area (Å²) in [4.78, 5) is 30.0. The Bertz CT molecular complexity index is 536. The highest BCUT2D eigenvalue weighted by Crippen LogP contribution is 2.42. The molecule has 2 rings (SSSR count). The molecule has 0 aromatic rings. The number of alkyl carbamates (subject to hydrolysis) is 1. The maximum atomic E-state index is 12.2. The molecule has 25 heavy (non-hydrogen) atoms. The van der Waals surface area contributed by atoms with Crippen LogP contribution in [0.1, 0.15) is 53.9 Å². The van der Waals surface area contributed by atoms with Crippen LogP contribution in [0.3, 0.4) is 0 Å². The Morgan fingerprint density at radius 2 is 1.96 bits per heavy atom. The summed E-state index contributed by atoms with van der Waals surface area (Å²) in [6.07, 6.45) is 1.45. The summed E-state index contributed by atoms with van der Waals surface area (Å²) in [5, 5.41) is 7.20. The Labute approximate surface area is 149 Å². The molecule has 0 spiro atoms. The number of hydrogen-bond acceptors (Lipinski definition) is 6. The van der Waals surface area contributed by atoms with Crippen molar-refractivity contribution in [2.45, 2.75) is 71.6 Å². The van der Waals surface area contributed by atoms with Crippen LogP contribution in [0, 0.1) is 17.8 Å². The van der Waals surface area contributed by atoms with Crippen molar-refractivity contribution in [3.63, 3.8) is 0 Å². The van der Waals surface area contributed by atoms with Crippen LogP contribution in [0.25, 0.3) is 0 Å². The molecule has 4 atom stereocenters. The highest BCUT2D eigenvalue weighted by atomic mass is 16.6. The van der Waals surface area contributed by atoms with E-state index in [-0.39, 0.29) is 30.0 Å². The van der Waals surface area contributed by atoms with E-state index in [0.717, 1.165) is 18.6 Å². The van der Waals surface area contributed by atoms with Crippen molar-refractivity contribution in [2.24, 2.45) is 22.9 Å². The Hall–Kier alpha value is -1.79. The van der Waals surface area contributed by atoms with Crippen molar-refractivity contribution in [2.75, 3.05) is 7.11 Å². The van der Waals surface area contributed by atoms with Gasteiger partial charge in [0.25, 0.3) is 0 Å². The van der Waals surface area contributed by atoms with E-state index in [1.165, 1.54) is 7.11 Å². The fourth-order valence-corrected chi connectivity index (χ4v) is 3.77. The zero-order chi connectivity index (χ0) is 18.8. The van der Waals surface area contributed by atoms with Gasteiger partial charge in [-0.05, 0) is 40.0 Å². The third-order valence-electron chi connectivity index (χ3n) is 4.92. The fourth-order valence-electron chi connectivity index (χ4n) is 3.77. The standard InChI is InChI=1S/C18H30N2O5/c1-7-10(8-2)14-13-12(19-17(22)24-18(3,4)5)9-11(16(21)23-6)15(13)25-20-14/h10-13,15H,7-9H2,1-6H3,(H,19,22)/t11-,12-,13-,15-/m1/s1. The highest BCUT2D eigenvalue weighted by molar-refractivity contribution is 5.93. The normalized spacial score (nSPS) is 28.2. The van der Waals surface area contributed by atoms with Gasteiger partial charge in [0.15, 0.2) is 6.10 Å². The van der Waals surface area contributed by atoms with Crippen molar-refractivity contribution in [1.29, 1.82) is 0 Å². The first-order valence-corrected chi connectivity index (χ1v) is 9.02. The zero-order valence-electron chi connectivity index (χ0n) is 16.0. The predicted molar refractivity (Wildman–Crippen MR) is 93.2 cm³/mol. The van der Waals surface area contributed by atoms with E-state index in [9.17, 15) is 9.59 Å². The lowest BCUT2D eigenvalue weighted by Gasteiger charge is -2.25. The number of carbonyl (C=O) groups excluding carboxylic acids is 2. The molecule has 142 valence electrons. The van der Waals surface area contributed by atoms with E-state index in [1.807, 2.05) is 20.8 Å². The Morgan fingerprint density at radius 1 is 1.32 bits per heavy atom. The molecule has 0 aromatic carbocycles. The van der Waals surface area contributed by atoms with Gasteiger partial charge in [0.2, 0.25) is 0 Å². The fraction of sp³-hybridized carbons (Fsp3) is 0.833. The molecular formula is C18H30N2O5. The van der Waals surface area contributed by atoms with Gasteiger partial charge < -0.3 is 19.6 Å². The molecule has 1 aliphatic heterocycles. The lowest BCUT2D eigenvalue weighted by atomic mass is 9.84. The number of methoxy groups -OCH3 is 1. The SMILES string of the molecule is CCC(CC)C1=NO[C@H]2[C@@H]1[C@H](NC(=O)OC(C)(C)C)C[C@H]2C(=O)OC. The van der Waals surface area contributed by atoms with Crippen molar-refractivity contribution in [1.82, 2.24) is 5.32 Å². The maximum Gasteiger partial charge on any atom is 0.407 e. The Morgan fingerprint density at radius 3 is 2.48 bits per heavy atom. The molecule has 0 saturated heterocycles. The van der Waals surface area contributed by atoms with Gasteiger partial charge in [-0.1, -0.05) is 19.0 Å². The molecule has 1 aliphatic carbocycles. The lowest BCUT2D eigenvalue weighted by molar-refractivity contribution is -0.149. The van der Waals surface area contributed by atoms with Gasteiger partial charge in [0.1, 0.15) is 5.60 Å². The quantitative estimate of drug-likeness (QED) is 0.767. The van der Waals surface area contributed by atoms with E-state index < -0.39 is 17.6 Å². The average Bonchev–Trinajstić information content (AvgIpc) is 3.08. The van der Waals surface area contributed by atoms with Crippen LogP contribution < -0.4 is 5.32 Å². The summed E-state index contributed by atoms with van der Waals surface area (Å²) in [6.45, 7) is 9.66. The number of nitrogens with zero attached hydrogens (tertiary/aromatic N) is 1. The van der Waals surface area contributed by atoms with E-state index in [1.54, 1.807) is 0 Å². The van der Waals surface area contributed by atoms with Crippen molar-refractivity contribution < 1.29 is 23.9 Å². The van der Waals surface area contributed by atoms with Crippen molar-refractivity contribution >= 4 is 17.8 Å². The second kappa shape index (κ2) is 7.62. The molecule has 0 bridgehead atoms. The molecule has 2 aliphatic rings. The monoisotopic (exact) mass is 354 g/mol. The van der Waals surface area contributed by atoms with E-state index in [4.69, 9.17) is 14.3 Å². The number of fused-ring (bicyclic) bond motifs is 1. The van der Waals surface area contributed by atoms with Gasteiger partial charge in [0.05, 0.1) is 24.7 Å². The number of nitrogens with one attached hydrogen (secondary N) is 1. The number of ether oxygens (including phenoxy) is 2. The van der Waals surface area contributed by atoms with Crippen LogP contribution in [-0.4, -0.2) is 42.6 Å². The third kappa shape index (κ3) is 4.25. The smallest absolute Gasteiger partial charge is 0.407 e. The van der Waals surface area contributed by atoms with Gasteiger partial charge in [-0.25, -0.2) is 4.79 Å². The molecular weight excluding hydrogens is 324 g/mol. The predicted octanol–water partition coefficient (Wildman–Crippen LogP) is 2.88. The summed E-state index contributed by atoms with van der Waals surface area (Å²) >= 11 is 0. The first-order chi connectivity index (χ1) is 11.7. The van der Waals surface area contributed by atoms with Crippen molar-refractivity contribution in [3.05, 3.63) is 0 Å². The van der Waals surface area contributed by atoms with Gasteiger partial charge in [-0.2, -0.15) is 0 Å². The average molecular weight is 354 g/mol. The second-order valence-electron chi connectivity index (χ2n) is 7.74. The lowest BCUT2D eigenvalue weighted by Crippen LogP contribution is -2.45. The number of oxime groups is 1. The molecule has 1 heterocycles. The van der Waals surface area contributed by atoms with Crippen LogP contribution in [0.15, 0.2) is 5.16 Å². The molecule has 1 amide bonds. The number of carbonyl (C=O) groups is 2. The van der Waals surface area contributed by atoms with Crippen LogP contribution in [-0.2, 0) is 19.1 Å². The van der Waals surface area contributed by atoms with Crippen LogP contribution >= 0.6 is 0 Å². The molecule has 0 radical (unpaired) electrons. The highest BCUT2D eigenvalue weighted by Gasteiger charge is 2.55.